The van der Waals surface area contributed by atoms with Gasteiger partial charge in [-0.3, -0.25) is 4.79 Å². The van der Waals surface area contributed by atoms with Gasteiger partial charge in [0.1, 0.15) is 0 Å². The normalized spacial score (nSPS) is 14.2. The number of hydrogen-bond donors (Lipinski definition) is 2. The Kier molecular flexibility index (Phi) is 4.85. The first-order chi connectivity index (χ1) is 9.52. The van der Waals surface area contributed by atoms with Crippen LogP contribution in [-0.2, 0) is 9.53 Å². The summed E-state index contributed by atoms with van der Waals surface area (Å²) in [7, 11) is 1.10. The van der Waals surface area contributed by atoms with Crippen LogP contribution >= 0.6 is 11.6 Å². The summed E-state index contributed by atoms with van der Waals surface area (Å²) in [6.45, 7) is 0.306. The van der Waals surface area contributed by atoms with E-state index in [2.05, 4.69) is 4.74 Å². The van der Waals surface area contributed by atoms with Crippen molar-refractivity contribution in [3.8, 4) is 0 Å². The van der Waals surface area contributed by atoms with Gasteiger partial charge in [-0.2, -0.15) is 13.2 Å². The summed E-state index contributed by atoms with van der Waals surface area (Å²) in [5.41, 5.74) is -3.99. The second-order valence-electron chi connectivity index (χ2n) is 4.18. The fourth-order valence-corrected chi connectivity index (χ4v) is 1.52. The number of aliphatic hydroxyl groups is 1. The predicted octanol–water partition coefficient (Wildman–Crippen LogP) is 2.38. The molecule has 0 saturated carbocycles. The molecule has 5 nitrogen and oxygen atoms in total. The van der Waals surface area contributed by atoms with E-state index in [0.717, 1.165) is 7.11 Å². The summed E-state index contributed by atoms with van der Waals surface area (Å²) in [6.07, 6.45) is -5.16. The lowest BCUT2D eigenvalue weighted by Crippen LogP contribution is -2.52. The van der Waals surface area contributed by atoms with Crippen LogP contribution in [0.15, 0.2) is 18.2 Å². The highest BCUT2D eigenvalue weighted by Gasteiger charge is 2.55. The van der Waals surface area contributed by atoms with Gasteiger partial charge in [0.15, 0.2) is 0 Å². The van der Waals surface area contributed by atoms with Gasteiger partial charge in [-0.15, -0.1) is 0 Å². The van der Waals surface area contributed by atoms with Crippen molar-refractivity contribution in [3.63, 3.8) is 0 Å². The molecule has 0 spiro atoms. The number of nitrogens with one attached hydrogen (secondary N) is 1. The molecule has 9 heteroatoms. The predicted molar refractivity (Wildman–Crippen MR) is 68.1 cm³/mol. The van der Waals surface area contributed by atoms with E-state index in [0.29, 0.717) is 6.92 Å². The molecule has 0 fully saturated rings. The van der Waals surface area contributed by atoms with Gasteiger partial charge in [-0.05, 0) is 19.1 Å². The molecule has 116 valence electrons. The Hall–Kier alpha value is -1.80. The van der Waals surface area contributed by atoms with E-state index >= 15 is 0 Å². The van der Waals surface area contributed by atoms with Crippen molar-refractivity contribution in [2.75, 3.05) is 12.4 Å². The minimum Gasteiger partial charge on any atom is -0.465 e. The number of ether oxygens (including phenoxy) is 1. The molecular formula is C12H11ClF3NO4. The van der Waals surface area contributed by atoms with Crippen molar-refractivity contribution in [3.05, 3.63) is 28.8 Å². The van der Waals surface area contributed by atoms with Crippen LogP contribution in [0.1, 0.15) is 17.3 Å². The molecule has 0 aliphatic rings. The number of anilines is 1. The zero-order valence-corrected chi connectivity index (χ0v) is 11.7. The summed E-state index contributed by atoms with van der Waals surface area (Å²) in [5.74, 6) is -2.54. The van der Waals surface area contributed by atoms with E-state index in [-0.39, 0.29) is 16.3 Å². The molecule has 0 aliphatic carbocycles. The standard InChI is InChI=1S/C12H11ClF3NO4/c1-11(20,12(14,15)16)10(19)17-7-5-3-4-6(8(7)13)9(18)21-2/h3-5,20H,1-2H3,(H,17,19)/t11-/m1/s1. The van der Waals surface area contributed by atoms with Gasteiger partial charge in [0.05, 0.1) is 23.4 Å². The second-order valence-corrected chi connectivity index (χ2v) is 4.56. The van der Waals surface area contributed by atoms with Crippen LogP contribution < -0.4 is 5.32 Å². The maximum Gasteiger partial charge on any atom is 0.426 e. The fraction of sp³-hybridized carbons (Fsp3) is 0.333. The maximum atomic E-state index is 12.5. The van der Waals surface area contributed by atoms with Gasteiger partial charge in [0.25, 0.3) is 5.91 Å². The van der Waals surface area contributed by atoms with Gasteiger partial charge >= 0.3 is 12.1 Å². The average Bonchev–Trinajstić information content (AvgIpc) is 2.38. The Morgan fingerprint density at radius 3 is 2.38 bits per heavy atom. The third-order valence-corrected chi connectivity index (χ3v) is 3.05. The van der Waals surface area contributed by atoms with E-state index < -0.39 is 23.7 Å². The zero-order valence-electron chi connectivity index (χ0n) is 10.9. The second kappa shape index (κ2) is 5.90. The lowest BCUT2D eigenvalue weighted by Gasteiger charge is -2.25. The Balaban J connectivity index is 3.10. The monoisotopic (exact) mass is 325 g/mol. The minimum absolute atomic E-state index is 0.136. The topological polar surface area (TPSA) is 75.6 Å². The Morgan fingerprint density at radius 1 is 1.33 bits per heavy atom. The number of hydrogen-bond acceptors (Lipinski definition) is 4. The number of alkyl halides is 3. The summed E-state index contributed by atoms with van der Waals surface area (Å²) in [6, 6.07) is 3.74. The SMILES string of the molecule is COC(=O)c1cccc(NC(=O)[C@@](C)(O)C(F)(F)F)c1Cl. The summed E-state index contributed by atoms with van der Waals surface area (Å²) in [4.78, 5) is 22.9. The number of amides is 1. The number of halogens is 4. The van der Waals surface area contributed by atoms with Crippen molar-refractivity contribution >= 4 is 29.2 Å². The van der Waals surface area contributed by atoms with Crippen LogP contribution in [-0.4, -0.2) is 35.9 Å². The molecule has 1 amide bonds. The number of esters is 1. The molecule has 0 aromatic heterocycles. The first-order valence-corrected chi connectivity index (χ1v) is 5.87. The molecule has 21 heavy (non-hydrogen) atoms. The lowest BCUT2D eigenvalue weighted by atomic mass is 10.1. The molecule has 0 saturated heterocycles. The first kappa shape index (κ1) is 17.3. The zero-order chi connectivity index (χ0) is 16.4. The number of carbonyl (C=O) groups excluding carboxylic acids is 2. The number of rotatable bonds is 3. The van der Waals surface area contributed by atoms with E-state index in [1.807, 2.05) is 5.32 Å². The molecule has 0 aliphatic heterocycles. The third kappa shape index (κ3) is 3.45. The van der Waals surface area contributed by atoms with Crippen LogP contribution in [0.4, 0.5) is 18.9 Å². The van der Waals surface area contributed by atoms with Crippen molar-refractivity contribution in [1.82, 2.24) is 0 Å². The molecule has 0 heterocycles. The van der Waals surface area contributed by atoms with E-state index in [4.69, 9.17) is 11.6 Å². The van der Waals surface area contributed by atoms with Crippen molar-refractivity contribution in [2.24, 2.45) is 0 Å². The van der Waals surface area contributed by atoms with Crippen molar-refractivity contribution in [1.29, 1.82) is 0 Å². The average molecular weight is 326 g/mol. The summed E-state index contributed by atoms with van der Waals surface area (Å²) < 4.78 is 42.0. The molecule has 0 unspecified atom stereocenters. The van der Waals surface area contributed by atoms with Crippen molar-refractivity contribution in [2.45, 2.75) is 18.7 Å². The highest BCUT2D eigenvalue weighted by Crippen LogP contribution is 2.33. The van der Waals surface area contributed by atoms with E-state index in [1.54, 1.807) is 0 Å². The third-order valence-electron chi connectivity index (χ3n) is 2.65. The molecule has 1 aromatic rings. The van der Waals surface area contributed by atoms with E-state index in [1.165, 1.54) is 18.2 Å². The smallest absolute Gasteiger partial charge is 0.426 e. The summed E-state index contributed by atoms with van der Waals surface area (Å²) in [5, 5.41) is 10.8. The Bertz CT molecular complexity index is 572. The van der Waals surface area contributed by atoms with Crippen LogP contribution in [0, 0.1) is 0 Å². The minimum atomic E-state index is -5.16. The van der Waals surface area contributed by atoms with Crippen LogP contribution in [0.5, 0.6) is 0 Å². The molecule has 0 radical (unpaired) electrons. The van der Waals surface area contributed by atoms with Crippen LogP contribution in [0.2, 0.25) is 5.02 Å². The van der Waals surface area contributed by atoms with Gasteiger partial charge in [0, 0.05) is 0 Å². The molecular weight excluding hydrogens is 315 g/mol. The lowest BCUT2D eigenvalue weighted by molar-refractivity contribution is -0.242. The first-order valence-electron chi connectivity index (χ1n) is 5.49. The van der Waals surface area contributed by atoms with Gasteiger partial charge in [-0.1, -0.05) is 17.7 Å². The molecule has 1 aromatic carbocycles. The quantitative estimate of drug-likeness (QED) is 0.837. The van der Waals surface area contributed by atoms with Gasteiger partial charge in [-0.25, -0.2) is 4.79 Å². The fourth-order valence-electron chi connectivity index (χ4n) is 1.27. The highest BCUT2D eigenvalue weighted by atomic mass is 35.5. The van der Waals surface area contributed by atoms with E-state index in [9.17, 15) is 27.9 Å². The van der Waals surface area contributed by atoms with Crippen LogP contribution in [0.3, 0.4) is 0 Å². The molecule has 1 rings (SSSR count). The summed E-state index contributed by atoms with van der Waals surface area (Å²) >= 11 is 5.81. The van der Waals surface area contributed by atoms with Crippen molar-refractivity contribution < 1.29 is 32.6 Å². The van der Waals surface area contributed by atoms with Crippen LogP contribution in [0.25, 0.3) is 0 Å². The molecule has 2 N–H and O–H groups in total. The Labute approximate surface area is 122 Å². The Morgan fingerprint density at radius 2 is 1.90 bits per heavy atom. The molecule has 1 atom stereocenters. The molecule has 0 bridgehead atoms. The van der Waals surface area contributed by atoms with Gasteiger partial charge in [0.2, 0.25) is 5.60 Å². The largest absolute Gasteiger partial charge is 0.465 e. The number of methoxy groups -OCH3 is 1. The highest BCUT2D eigenvalue weighted by molar-refractivity contribution is 6.36. The van der Waals surface area contributed by atoms with Gasteiger partial charge < -0.3 is 15.2 Å². The maximum absolute atomic E-state index is 12.5. The number of carbonyl (C=O) groups is 2. The number of benzene rings is 1.